The van der Waals surface area contributed by atoms with Crippen LogP contribution >= 0.6 is 23.2 Å². The van der Waals surface area contributed by atoms with Crippen LogP contribution in [0.3, 0.4) is 0 Å². The number of halogens is 4. The normalized spacial score (nSPS) is 22.8. The van der Waals surface area contributed by atoms with Crippen molar-refractivity contribution in [1.82, 2.24) is 5.32 Å². The molecule has 1 spiro atoms. The van der Waals surface area contributed by atoms with Crippen molar-refractivity contribution in [2.45, 2.75) is 37.1 Å². The van der Waals surface area contributed by atoms with Gasteiger partial charge >= 0.3 is 0 Å². The molecule has 3 aromatic rings. The number of amides is 2. The van der Waals surface area contributed by atoms with Gasteiger partial charge in [-0.1, -0.05) is 48.3 Å². The second-order valence-corrected chi connectivity index (χ2v) is 9.82. The molecule has 9 heteroatoms. The molecular formula is C27H22Cl2F2N2O3. The maximum atomic E-state index is 15.6. The standard InChI is InChI=1S/C27H22Cl2F2N2O3/c1-2-10-36-21-9-8-19(30)24(31)23(21)25-27(17-7-6-16(29)12-20(17)32-26(27)35)18(13-22(34)33-25)14-4-3-5-15(28)11-14/h3-9,11-12,18,25H,2,10,13H2,1H3,(H,32,35)(H,33,34)/t18-,25+,27-/m0/s1. The lowest BCUT2D eigenvalue weighted by molar-refractivity contribution is -0.131. The highest BCUT2D eigenvalue weighted by atomic mass is 35.5. The molecule has 2 amide bonds. The molecule has 0 aliphatic carbocycles. The smallest absolute Gasteiger partial charge is 0.238 e. The van der Waals surface area contributed by atoms with Crippen molar-refractivity contribution in [2.24, 2.45) is 0 Å². The molecule has 0 radical (unpaired) electrons. The van der Waals surface area contributed by atoms with Crippen LogP contribution in [0.15, 0.2) is 54.6 Å². The lowest BCUT2D eigenvalue weighted by Crippen LogP contribution is -2.57. The molecule has 36 heavy (non-hydrogen) atoms. The molecule has 0 aromatic heterocycles. The number of piperidine rings is 1. The Morgan fingerprint density at radius 2 is 1.83 bits per heavy atom. The van der Waals surface area contributed by atoms with Crippen LogP contribution in [-0.4, -0.2) is 18.4 Å². The number of hydrogen-bond acceptors (Lipinski definition) is 3. The second kappa shape index (κ2) is 9.37. The summed E-state index contributed by atoms with van der Waals surface area (Å²) in [6, 6.07) is 12.8. The van der Waals surface area contributed by atoms with Crippen molar-refractivity contribution in [2.75, 3.05) is 11.9 Å². The molecule has 1 fully saturated rings. The predicted octanol–water partition coefficient (Wildman–Crippen LogP) is 6.30. The van der Waals surface area contributed by atoms with Gasteiger partial charge in [-0.2, -0.15) is 0 Å². The van der Waals surface area contributed by atoms with E-state index in [1.165, 1.54) is 6.07 Å². The summed E-state index contributed by atoms with van der Waals surface area (Å²) in [5.74, 6) is -3.88. The molecule has 2 heterocycles. The van der Waals surface area contributed by atoms with E-state index in [0.717, 1.165) is 6.07 Å². The zero-order valence-corrected chi connectivity index (χ0v) is 20.7. The van der Waals surface area contributed by atoms with Gasteiger partial charge in [-0.05, 0) is 53.9 Å². The third-order valence-corrected chi connectivity index (χ3v) is 7.32. The average molecular weight is 531 g/mol. The van der Waals surface area contributed by atoms with Crippen LogP contribution in [0.5, 0.6) is 5.75 Å². The Hall–Kier alpha value is -3.16. The molecule has 3 atom stereocenters. The Bertz CT molecular complexity index is 1380. The van der Waals surface area contributed by atoms with Crippen molar-refractivity contribution in [3.05, 3.63) is 93.0 Å². The van der Waals surface area contributed by atoms with E-state index >= 15 is 4.39 Å². The van der Waals surface area contributed by atoms with E-state index in [4.69, 9.17) is 27.9 Å². The number of fused-ring (bicyclic) bond motifs is 2. The number of anilines is 1. The molecule has 5 nitrogen and oxygen atoms in total. The third-order valence-electron chi connectivity index (χ3n) is 6.85. The van der Waals surface area contributed by atoms with E-state index in [2.05, 4.69) is 10.6 Å². The molecular weight excluding hydrogens is 509 g/mol. The van der Waals surface area contributed by atoms with Gasteiger partial charge in [0.1, 0.15) is 11.2 Å². The van der Waals surface area contributed by atoms with Crippen molar-refractivity contribution in [3.8, 4) is 5.75 Å². The zero-order chi connectivity index (χ0) is 25.6. The van der Waals surface area contributed by atoms with E-state index in [1.54, 1.807) is 42.5 Å². The van der Waals surface area contributed by atoms with E-state index in [0.29, 0.717) is 33.3 Å². The molecule has 0 saturated carbocycles. The van der Waals surface area contributed by atoms with E-state index in [1.807, 2.05) is 6.92 Å². The topological polar surface area (TPSA) is 67.4 Å². The van der Waals surface area contributed by atoms with E-state index in [9.17, 15) is 14.0 Å². The fourth-order valence-corrected chi connectivity index (χ4v) is 5.77. The Morgan fingerprint density at radius 1 is 1.06 bits per heavy atom. The molecule has 2 aliphatic heterocycles. The second-order valence-electron chi connectivity index (χ2n) is 8.95. The molecule has 0 bridgehead atoms. The minimum Gasteiger partial charge on any atom is -0.493 e. The monoisotopic (exact) mass is 530 g/mol. The average Bonchev–Trinajstić information content (AvgIpc) is 3.12. The van der Waals surface area contributed by atoms with Crippen LogP contribution in [-0.2, 0) is 15.0 Å². The van der Waals surface area contributed by atoms with E-state index < -0.39 is 40.8 Å². The number of ether oxygens (including phenoxy) is 1. The summed E-state index contributed by atoms with van der Waals surface area (Å²) in [5.41, 5.74) is -0.197. The molecule has 5 rings (SSSR count). The third kappa shape index (κ3) is 3.82. The highest BCUT2D eigenvalue weighted by Gasteiger charge is 2.62. The van der Waals surface area contributed by atoms with Crippen LogP contribution in [0.2, 0.25) is 10.0 Å². The summed E-state index contributed by atoms with van der Waals surface area (Å²) < 4.78 is 36.1. The Balaban J connectivity index is 1.83. The molecule has 2 N–H and O–H groups in total. The van der Waals surface area contributed by atoms with Crippen LogP contribution in [0.1, 0.15) is 48.4 Å². The van der Waals surface area contributed by atoms with Gasteiger partial charge in [-0.3, -0.25) is 9.59 Å². The minimum atomic E-state index is -1.54. The number of hydrogen-bond donors (Lipinski definition) is 2. The maximum absolute atomic E-state index is 15.6. The van der Waals surface area contributed by atoms with Crippen molar-refractivity contribution in [1.29, 1.82) is 0 Å². The first-order valence-corrected chi connectivity index (χ1v) is 12.3. The summed E-state index contributed by atoms with van der Waals surface area (Å²) in [4.78, 5) is 27.1. The van der Waals surface area contributed by atoms with Crippen molar-refractivity contribution in [3.63, 3.8) is 0 Å². The lowest BCUT2D eigenvalue weighted by atomic mass is 9.59. The van der Waals surface area contributed by atoms with Gasteiger partial charge in [0.2, 0.25) is 11.8 Å². The van der Waals surface area contributed by atoms with Gasteiger partial charge in [0.05, 0.1) is 18.2 Å². The number of benzene rings is 3. The van der Waals surface area contributed by atoms with Crippen LogP contribution < -0.4 is 15.4 Å². The van der Waals surface area contributed by atoms with E-state index in [-0.39, 0.29) is 24.3 Å². The van der Waals surface area contributed by atoms with Gasteiger partial charge in [-0.25, -0.2) is 8.78 Å². The largest absolute Gasteiger partial charge is 0.493 e. The number of carbonyl (C=O) groups is 2. The number of nitrogens with one attached hydrogen (secondary N) is 2. The Morgan fingerprint density at radius 3 is 2.58 bits per heavy atom. The van der Waals surface area contributed by atoms with Crippen molar-refractivity contribution < 1.29 is 23.1 Å². The summed E-state index contributed by atoms with van der Waals surface area (Å²) in [6.45, 7) is 2.12. The van der Waals surface area contributed by atoms with Gasteiger partial charge in [0, 0.05) is 28.1 Å². The summed E-state index contributed by atoms with van der Waals surface area (Å²) in [6.07, 6.45) is 0.544. The zero-order valence-electron chi connectivity index (χ0n) is 19.2. The fraction of sp³-hybridized carbons (Fsp3) is 0.259. The molecule has 0 unspecified atom stereocenters. The first-order chi connectivity index (χ1) is 17.3. The summed E-state index contributed by atoms with van der Waals surface area (Å²) in [7, 11) is 0. The van der Waals surface area contributed by atoms with Crippen LogP contribution in [0, 0.1) is 11.6 Å². The maximum Gasteiger partial charge on any atom is 0.238 e. The van der Waals surface area contributed by atoms with Crippen molar-refractivity contribution >= 4 is 40.7 Å². The highest BCUT2D eigenvalue weighted by Crippen LogP contribution is 2.59. The SMILES string of the molecule is CCCOc1ccc(F)c(F)c1[C@H]1NC(=O)C[C@@H](c2cccc(Cl)c2)[C@]12C(=O)Nc1cc(Cl)ccc12. The summed E-state index contributed by atoms with van der Waals surface area (Å²) in [5, 5.41) is 6.47. The summed E-state index contributed by atoms with van der Waals surface area (Å²) >= 11 is 12.5. The highest BCUT2D eigenvalue weighted by molar-refractivity contribution is 6.31. The van der Waals surface area contributed by atoms with Crippen LogP contribution in [0.4, 0.5) is 14.5 Å². The number of rotatable bonds is 5. The van der Waals surface area contributed by atoms with Gasteiger partial charge in [0.15, 0.2) is 11.6 Å². The van der Waals surface area contributed by atoms with Gasteiger partial charge < -0.3 is 15.4 Å². The van der Waals surface area contributed by atoms with Gasteiger partial charge in [-0.15, -0.1) is 0 Å². The Kier molecular flexibility index (Phi) is 6.39. The van der Waals surface area contributed by atoms with Gasteiger partial charge in [0.25, 0.3) is 0 Å². The molecule has 186 valence electrons. The fourth-order valence-electron chi connectivity index (χ4n) is 5.40. The quantitative estimate of drug-likeness (QED) is 0.407. The first kappa shape index (κ1) is 24.5. The lowest BCUT2D eigenvalue weighted by Gasteiger charge is -2.46. The number of carbonyl (C=O) groups excluding carboxylic acids is 2. The first-order valence-electron chi connectivity index (χ1n) is 11.5. The molecule has 3 aromatic carbocycles. The minimum absolute atomic E-state index is 0.0578. The predicted molar refractivity (Wildman–Crippen MR) is 134 cm³/mol. The molecule has 2 aliphatic rings. The Labute approximate surface area is 216 Å². The van der Waals surface area contributed by atoms with Crippen LogP contribution in [0.25, 0.3) is 0 Å². The molecule has 1 saturated heterocycles.